The van der Waals surface area contributed by atoms with Gasteiger partial charge < -0.3 is 4.90 Å². The topological polar surface area (TPSA) is 61.0 Å². The molecule has 0 atom stereocenters. The van der Waals surface area contributed by atoms with Gasteiger partial charge in [-0.15, -0.1) is 0 Å². The zero-order valence-electron chi connectivity index (χ0n) is 11.0. The summed E-state index contributed by atoms with van der Waals surface area (Å²) >= 11 is 0. The van der Waals surface area contributed by atoms with E-state index in [9.17, 15) is 4.79 Å². The molecule has 1 aromatic carbocycles. The highest BCUT2D eigenvalue weighted by atomic mass is 16.2. The lowest BCUT2D eigenvalue weighted by molar-refractivity contribution is 0.186. The van der Waals surface area contributed by atoms with Gasteiger partial charge in [0, 0.05) is 18.5 Å². The number of H-pyrrole nitrogens is 1. The fourth-order valence-electron chi connectivity index (χ4n) is 2.45. The second-order valence-electron chi connectivity index (χ2n) is 5.22. The van der Waals surface area contributed by atoms with Crippen molar-refractivity contribution in [2.75, 3.05) is 18.4 Å². The largest absolute Gasteiger partial charge is 0.324 e. The van der Waals surface area contributed by atoms with E-state index in [-0.39, 0.29) is 6.03 Å². The van der Waals surface area contributed by atoms with Gasteiger partial charge in [0.05, 0.1) is 5.52 Å². The van der Waals surface area contributed by atoms with Gasteiger partial charge in [0.25, 0.3) is 0 Å². The number of carbonyl (C=O) groups excluding carboxylic acids is 1. The number of piperidine rings is 1. The van der Waals surface area contributed by atoms with Crippen LogP contribution in [0, 0.1) is 5.92 Å². The molecule has 0 spiro atoms. The van der Waals surface area contributed by atoms with Gasteiger partial charge in [0.2, 0.25) is 0 Å². The average Bonchev–Trinajstić information content (AvgIpc) is 2.83. The molecule has 1 fully saturated rings. The minimum absolute atomic E-state index is 0.0517. The van der Waals surface area contributed by atoms with E-state index in [1.165, 1.54) is 0 Å². The van der Waals surface area contributed by atoms with E-state index in [2.05, 4.69) is 22.4 Å². The number of rotatable bonds is 1. The van der Waals surface area contributed by atoms with Crippen LogP contribution in [0.3, 0.4) is 0 Å². The number of fused-ring (bicyclic) bond motifs is 1. The summed E-state index contributed by atoms with van der Waals surface area (Å²) in [6.07, 6.45) is 2.16. The van der Waals surface area contributed by atoms with Crippen LogP contribution in [-0.4, -0.2) is 34.2 Å². The minimum atomic E-state index is -0.0517. The smallest absolute Gasteiger partial charge is 0.323 e. The van der Waals surface area contributed by atoms with Gasteiger partial charge in [-0.1, -0.05) is 19.1 Å². The summed E-state index contributed by atoms with van der Waals surface area (Å²) in [4.78, 5) is 14.0. The van der Waals surface area contributed by atoms with Crippen LogP contribution in [0.15, 0.2) is 24.3 Å². The van der Waals surface area contributed by atoms with Gasteiger partial charge in [0.15, 0.2) is 5.82 Å². The zero-order chi connectivity index (χ0) is 13.2. The van der Waals surface area contributed by atoms with Crippen molar-refractivity contribution in [3.63, 3.8) is 0 Å². The van der Waals surface area contributed by atoms with Gasteiger partial charge >= 0.3 is 6.03 Å². The number of amides is 2. The van der Waals surface area contributed by atoms with Crippen LogP contribution in [-0.2, 0) is 0 Å². The lowest BCUT2D eigenvalue weighted by Gasteiger charge is -2.30. The van der Waals surface area contributed by atoms with Gasteiger partial charge in [-0.3, -0.25) is 10.4 Å². The number of nitrogens with zero attached hydrogens (tertiary/aromatic N) is 2. The molecule has 1 aromatic heterocycles. The molecule has 2 aromatic rings. The number of benzene rings is 1. The van der Waals surface area contributed by atoms with Crippen LogP contribution in [0.4, 0.5) is 10.6 Å². The van der Waals surface area contributed by atoms with Crippen LogP contribution in [0.5, 0.6) is 0 Å². The number of likely N-dealkylation sites (tertiary alicyclic amines) is 1. The first-order valence-electron chi connectivity index (χ1n) is 6.73. The van der Waals surface area contributed by atoms with Crippen LogP contribution < -0.4 is 5.32 Å². The third kappa shape index (κ3) is 2.41. The molecule has 1 aliphatic heterocycles. The van der Waals surface area contributed by atoms with E-state index >= 15 is 0 Å². The van der Waals surface area contributed by atoms with Crippen LogP contribution in [0.2, 0.25) is 0 Å². The van der Waals surface area contributed by atoms with E-state index in [0.717, 1.165) is 42.8 Å². The second-order valence-corrected chi connectivity index (χ2v) is 5.22. The Bertz CT molecular complexity index is 584. The quantitative estimate of drug-likeness (QED) is 0.826. The standard InChI is InChI=1S/C14H18N4O/c1-10-6-8-18(9-7-10)14(19)15-13-11-4-2-3-5-12(11)16-17-13/h2-5,10H,6-9H2,1H3,(H2,15,16,17,19). The number of nitrogens with one attached hydrogen (secondary N) is 2. The molecule has 0 aliphatic carbocycles. The van der Waals surface area contributed by atoms with Crippen molar-refractivity contribution in [2.45, 2.75) is 19.8 Å². The van der Waals surface area contributed by atoms with E-state index in [0.29, 0.717) is 5.82 Å². The third-order valence-electron chi connectivity index (χ3n) is 3.77. The van der Waals surface area contributed by atoms with Gasteiger partial charge in [-0.2, -0.15) is 5.10 Å². The Labute approximate surface area is 112 Å². The highest BCUT2D eigenvalue weighted by molar-refractivity contribution is 5.98. The number of anilines is 1. The van der Waals surface area contributed by atoms with E-state index in [1.807, 2.05) is 29.2 Å². The van der Waals surface area contributed by atoms with Crippen molar-refractivity contribution in [2.24, 2.45) is 5.92 Å². The lowest BCUT2D eigenvalue weighted by atomic mass is 10.00. The molecule has 1 saturated heterocycles. The molecule has 2 N–H and O–H groups in total. The maximum Gasteiger partial charge on any atom is 0.323 e. The Morgan fingerprint density at radius 3 is 2.89 bits per heavy atom. The molecule has 100 valence electrons. The predicted octanol–water partition coefficient (Wildman–Crippen LogP) is 2.83. The van der Waals surface area contributed by atoms with Crippen molar-refractivity contribution >= 4 is 22.8 Å². The second kappa shape index (κ2) is 4.91. The number of hydrogen-bond donors (Lipinski definition) is 2. The Balaban J connectivity index is 1.72. The molecular formula is C14H18N4O. The number of hydrogen-bond acceptors (Lipinski definition) is 2. The maximum atomic E-state index is 12.2. The third-order valence-corrected chi connectivity index (χ3v) is 3.77. The molecule has 19 heavy (non-hydrogen) atoms. The molecule has 5 heteroatoms. The summed E-state index contributed by atoms with van der Waals surface area (Å²) in [7, 11) is 0. The molecule has 0 unspecified atom stereocenters. The van der Waals surface area contributed by atoms with Gasteiger partial charge in [-0.05, 0) is 30.9 Å². The molecule has 0 saturated carbocycles. The number of aromatic amines is 1. The molecular weight excluding hydrogens is 240 g/mol. The molecule has 5 nitrogen and oxygen atoms in total. The van der Waals surface area contributed by atoms with Crippen molar-refractivity contribution in [1.82, 2.24) is 15.1 Å². The van der Waals surface area contributed by atoms with Crippen molar-refractivity contribution < 1.29 is 4.79 Å². The van der Waals surface area contributed by atoms with Crippen LogP contribution >= 0.6 is 0 Å². The van der Waals surface area contributed by atoms with Gasteiger partial charge in [-0.25, -0.2) is 4.79 Å². The maximum absolute atomic E-state index is 12.2. The first kappa shape index (κ1) is 12.0. The molecule has 0 radical (unpaired) electrons. The van der Waals surface area contributed by atoms with Crippen molar-refractivity contribution in [3.8, 4) is 0 Å². The molecule has 2 amide bonds. The average molecular weight is 258 g/mol. The predicted molar refractivity (Wildman–Crippen MR) is 75.1 cm³/mol. The summed E-state index contributed by atoms with van der Waals surface area (Å²) in [6.45, 7) is 3.89. The summed E-state index contributed by atoms with van der Waals surface area (Å²) in [5.74, 6) is 1.33. The van der Waals surface area contributed by atoms with Gasteiger partial charge in [0.1, 0.15) is 0 Å². The summed E-state index contributed by atoms with van der Waals surface area (Å²) in [6, 6.07) is 7.73. The molecule has 1 aliphatic rings. The van der Waals surface area contributed by atoms with E-state index < -0.39 is 0 Å². The zero-order valence-corrected chi connectivity index (χ0v) is 11.0. The van der Waals surface area contributed by atoms with E-state index in [4.69, 9.17) is 0 Å². The van der Waals surface area contributed by atoms with Crippen molar-refractivity contribution in [3.05, 3.63) is 24.3 Å². The lowest BCUT2D eigenvalue weighted by Crippen LogP contribution is -2.40. The minimum Gasteiger partial charge on any atom is -0.324 e. The Morgan fingerprint density at radius 1 is 1.37 bits per heavy atom. The summed E-state index contributed by atoms with van der Waals surface area (Å²) in [5.41, 5.74) is 0.935. The Morgan fingerprint density at radius 2 is 2.11 bits per heavy atom. The molecule has 2 heterocycles. The molecule has 0 bridgehead atoms. The van der Waals surface area contributed by atoms with Crippen LogP contribution in [0.1, 0.15) is 19.8 Å². The first-order chi connectivity index (χ1) is 9.24. The highest BCUT2D eigenvalue weighted by Crippen LogP contribution is 2.21. The van der Waals surface area contributed by atoms with Crippen LogP contribution in [0.25, 0.3) is 10.9 Å². The number of para-hydroxylation sites is 1. The van der Waals surface area contributed by atoms with E-state index in [1.54, 1.807) is 0 Å². The SMILES string of the molecule is CC1CCN(C(=O)Nc2n[nH]c3ccccc23)CC1. The monoisotopic (exact) mass is 258 g/mol. The fraction of sp³-hybridized carbons (Fsp3) is 0.429. The Hall–Kier alpha value is -2.04. The highest BCUT2D eigenvalue weighted by Gasteiger charge is 2.21. The summed E-state index contributed by atoms with van der Waals surface area (Å²) in [5, 5.41) is 10.9. The Kier molecular flexibility index (Phi) is 3.11. The fourth-order valence-corrected chi connectivity index (χ4v) is 2.45. The molecule has 3 rings (SSSR count). The number of urea groups is 1. The first-order valence-corrected chi connectivity index (χ1v) is 6.73. The van der Waals surface area contributed by atoms with Crippen molar-refractivity contribution in [1.29, 1.82) is 0 Å². The summed E-state index contributed by atoms with van der Waals surface area (Å²) < 4.78 is 0. The number of carbonyl (C=O) groups is 1. The number of aromatic nitrogens is 2. The normalized spacial score (nSPS) is 16.8.